The second-order valence-electron chi connectivity index (χ2n) is 5.52. The van der Waals surface area contributed by atoms with E-state index in [2.05, 4.69) is 20.4 Å². The van der Waals surface area contributed by atoms with Crippen molar-refractivity contribution >= 4 is 17.2 Å². The monoisotopic (exact) mass is 342 g/mol. The molecular formula is C16H18N6OS. The van der Waals surface area contributed by atoms with Crippen LogP contribution in [0.2, 0.25) is 0 Å². The van der Waals surface area contributed by atoms with Gasteiger partial charge >= 0.3 is 0 Å². The summed E-state index contributed by atoms with van der Waals surface area (Å²) in [5.74, 6) is 0.439. The van der Waals surface area contributed by atoms with Crippen LogP contribution >= 0.6 is 11.3 Å². The Kier molecular flexibility index (Phi) is 4.66. The predicted molar refractivity (Wildman–Crippen MR) is 91.3 cm³/mol. The molecule has 24 heavy (non-hydrogen) atoms. The molecule has 0 N–H and O–H groups in total. The lowest BCUT2D eigenvalue weighted by Gasteiger charge is -2.19. The molecule has 1 atom stereocenters. The predicted octanol–water partition coefficient (Wildman–Crippen LogP) is 2.32. The highest BCUT2D eigenvalue weighted by molar-refractivity contribution is 7.11. The molecule has 0 aliphatic rings. The third kappa shape index (κ3) is 3.48. The third-order valence-corrected chi connectivity index (χ3v) is 4.50. The molecule has 1 aromatic carbocycles. The van der Waals surface area contributed by atoms with Crippen LogP contribution in [0.4, 0.5) is 0 Å². The Morgan fingerprint density at radius 3 is 2.75 bits per heavy atom. The highest BCUT2D eigenvalue weighted by Gasteiger charge is 2.22. The van der Waals surface area contributed by atoms with Crippen LogP contribution in [-0.4, -0.2) is 43.0 Å². The van der Waals surface area contributed by atoms with Gasteiger partial charge in [-0.1, -0.05) is 30.3 Å². The lowest BCUT2D eigenvalue weighted by atomic mass is 10.2. The highest BCUT2D eigenvalue weighted by Crippen LogP contribution is 2.17. The van der Waals surface area contributed by atoms with E-state index in [-0.39, 0.29) is 5.91 Å². The zero-order valence-corrected chi connectivity index (χ0v) is 14.6. The van der Waals surface area contributed by atoms with Crippen molar-refractivity contribution in [2.45, 2.75) is 26.4 Å². The van der Waals surface area contributed by atoms with E-state index in [1.807, 2.05) is 37.3 Å². The number of amides is 1. The minimum atomic E-state index is -0.519. The number of carbonyl (C=O) groups is 1. The molecule has 0 fully saturated rings. The van der Waals surface area contributed by atoms with Crippen LogP contribution in [-0.2, 0) is 11.3 Å². The average molecular weight is 342 g/mol. The molecule has 0 aliphatic carbocycles. The molecule has 0 spiro atoms. The van der Waals surface area contributed by atoms with E-state index in [1.54, 1.807) is 36.4 Å². The van der Waals surface area contributed by atoms with E-state index in [1.165, 1.54) is 4.80 Å². The number of likely N-dealkylation sites (N-methyl/N-ethyl adjacent to an activating group) is 1. The fourth-order valence-electron chi connectivity index (χ4n) is 2.30. The summed E-state index contributed by atoms with van der Waals surface area (Å²) in [6.07, 6.45) is 1.80. The molecule has 8 heteroatoms. The number of hydrogen-bond donors (Lipinski definition) is 0. The number of hydrogen-bond acceptors (Lipinski definition) is 6. The van der Waals surface area contributed by atoms with Crippen molar-refractivity contribution in [2.75, 3.05) is 7.05 Å². The smallest absolute Gasteiger partial charge is 0.249 e. The number of thiazole rings is 1. The van der Waals surface area contributed by atoms with E-state index in [0.717, 1.165) is 15.4 Å². The van der Waals surface area contributed by atoms with Crippen molar-refractivity contribution < 1.29 is 4.79 Å². The number of tetrazole rings is 1. The fourth-order valence-corrected chi connectivity index (χ4v) is 3.15. The topological polar surface area (TPSA) is 76.8 Å². The normalized spacial score (nSPS) is 12.1. The maximum absolute atomic E-state index is 12.6. The van der Waals surface area contributed by atoms with Crippen LogP contribution in [0.5, 0.6) is 0 Å². The van der Waals surface area contributed by atoms with Gasteiger partial charge in [-0.3, -0.25) is 4.79 Å². The molecule has 3 aromatic rings. The fraction of sp³-hybridized carbons (Fsp3) is 0.312. The number of aromatic nitrogens is 5. The Morgan fingerprint density at radius 2 is 2.08 bits per heavy atom. The van der Waals surface area contributed by atoms with Crippen molar-refractivity contribution in [1.82, 2.24) is 30.1 Å². The van der Waals surface area contributed by atoms with Gasteiger partial charge in [0.05, 0.1) is 11.6 Å². The second-order valence-corrected chi connectivity index (χ2v) is 6.83. The van der Waals surface area contributed by atoms with Gasteiger partial charge in [0.15, 0.2) is 0 Å². The largest absolute Gasteiger partial charge is 0.339 e. The van der Waals surface area contributed by atoms with Gasteiger partial charge in [0.2, 0.25) is 11.7 Å². The van der Waals surface area contributed by atoms with Crippen LogP contribution in [0, 0.1) is 6.92 Å². The first kappa shape index (κ1) is 16.3. The molecule has 1 unspecified atom stereocenters. The van der Waals surface area contributed by atoms with Crippen LogP contribution in [0.1, 0.15) is 22.9 Å². The molecule has 0 saturated carbocycles. The Hall–Kier alpha value is -2.61. The number of benzene rings is 1. The SMILES string of the molecule is Cc1ncc(CN(C)C(=O)C(C)n2nnc(-c3ccccc3)n2)s1. The summed E-state index contributed by atoms with van der Waals surface area (Å²) < 4.78 is 0. The number of aryl methyl sites for hydroxylation is 1. The van der Waals surface area contributed by atoms with Crippen molar-refractivity contribution in [2.24, 2.45) is 0 Å². The first-order chi connectivity index (χ1) is 11.5. The first-order valence-corrected chi connectivity index (χ1v) is 8.37. The highest BCUT2D eigenvalue weighted by atomic mass is 32.1. The molecule has 2 heterocycles. The number of rotatable bonds is 5. The van der Waals surface area contributed by atoms with E-state index in [9.17, 15) is 4.79 Å². The summed E-state index contributed by atoms with van der Waals surface area (Å²) in [6, 6.07) is 9.05. The zero-order chi connectivity index (χ0) is 17.1. The van der Waals surface area contributed by atoms with Gasteiger partial charge < -0.3 is 4.90 Å². The molecule has 7 nitrogen and oxygen atoms in total. The van der Waals surface area contributed by atoms with Crippen molar-refractivity contribution in [1.29, 1.82) is 0 Å². The van der Waals surface area contributed by atoms with Crippen molar-refractivity contribution in [3.63, 3.8) is 0 Å². The van der Waals surface area contributed by atoms with Crippen LogP contribution in [0.3, 0.4) is 0 Å². The number of nitrogens with zero attached hydrogens (tertiary/aromatic N) is 6. The standard InChI is InChI=1S/C16H18N6OS/c1-11(16(23)21(3)10-14-9-17-12(2)24-14)22-19-15(18-20-22)13-7-5-4-6-8-13/h4-9,11H,10H2,1-3H3. The van der Waals surface area contributed by atoms with E-state index < -0.39 is 6.04 Å². The van der Waals surface area contributed by atoms with Crippen molar-refractivity contribution in [3.8, 4) is 11.4 Å². The summed E-state index contributed by atoms with van der Waals surface area (Å²) in [6.45, 7) is 4.24. The van der Waals surface area contributed by atoms with E-state index in [0.29, 0.717) is 12.4 Å². The van der Waals surface area contributed by atoms with Gasteiger partial charge in [0, 0.05) is 23.7 Å². The lowest BCUT2D eigenvalue weighted by Crippen LogP contribution is -2.33. The summed E-state index contributed by atoms with van der Waals surface area (Å²) in [5, 5.41) is 13.4. The minimum absolute atomic E-state index is 0.0712. The van der Waals surface area contributed by atoms with Gasteiger partial charge in [-0.25, -0.2) is 4.98 Å². The molecule has 1 amide bonds. The maximum Gasteiger partial charge on any atom is 0.249 e. The minimum Gasteiger partial charge on any atom is -0.339 e. The van der Waals surface area contributed by atoms with Gasteiger partial charge in [-0.2, -0.15) is 4.80 Å². The maximum atomic E-state index is 12.6. The molecule has 0 radical (unpaired) electrons. The molecule has 124 valence electrons. The summed E-state index contributed by atoms with van der Waals surface area (Å²) in [5.41, 5.74) is 0.872. The Labute approximate surface area is 144 Å². The molecule has 0 saturated heterocycles. The van der Waals surface area contributed by atoms with Gasteiger partial charge in [-0.15, -0.1) is 21.5 Å². The Balaban J connectivity index is 1.70. The second kappa shape index (κ2) is 6.88. The molecule has 0 bridgehead atoms. The van der Waals surface area contributed by atoms with E-state index in [4.69, 9.17) is 0 Å². The first-order valence-electron chi connectivity index (χ1n) is 7.56. The Bertz CT molecular complexity index is 828. The van der Waals surface area contributed by atoms with Crippen LogP contribution in [0.15, 0.2) is 36.5 Å². The van der Waals surface area contributed by atoms with E-state index >= 15 is 0 Å². The average Bonchev–Trinajstić information content (AvgIpc) is 3.23. The third-order valence-electron chi connectivity index (χ3n) is 3.60. The van der Waals surface area contributed by atoms with Crippen LogP contribution in [0.25, 0.3) is 11.4 Å². The molecule has 0 aliphatic heterocycles. The molecule has 2 aromatic heterocycles. The molecular weight excluding hydrogens is 324 g/mol. The van der Waals surface area contributed by atoms with Gasteiger partial charge in [-0.05, 0) is 19.1 Å². The number of carbonyl (C=O) groups excluding carboxylic acids is 1. The summed E-state index contributed by atoms with van der Waals surface area (Å²) >= 11 is 1.59. The van der Waals surface area contributed by atoms with Gasteiger partial charge in [0.25, 0.3) is 0 Å². The van der Waals surface area contributed by atoms with Crippen molar-refractivity contribution in [3.05, 3.63) is 46.4 Å². The lowest BCUT2D eigenvalue weighted by molar-refractivity contribution is -0.134. The quantitative estimate of drug-likeness (QED) is 0.711. The zero-order valence-electron chi connectivity index (χ0n) is 13.7. The Morgan fingerprint density at radius 1 is 1.33 bits per heavy atom. The van der Waals surface area contributed by atoms with Crippen LogP contribution < -0.4 is 0 Å². The summed E-state index contributed by atoms with van der Waals surface area (Å²) in [7, 11) is 1.77. The van der Waals surface area contributed by atoms with Gasteiger partial charge in [0.1, 0.15) is 6.04 Å². The summed E-state index contributed by atoms with van der Waals surface area (Å²) in [4.78, 5) is 20.9. The molecule has 3 rings (SSSR count).